The molecule has 30 heavy (non-hydrogen) atoms. The number of anilines is 1. The van der Waals surface area contributed by atoms with Crippen molar-refractivity contribution >= 4 is 33.2 Å². The summed E-state index contributed by atoms with van der Waals surface area (Å²) >= 11 is 6.26. The van der Waals surface area contributed by atoms with Crippen molar-refractivity contribution in [2.24, 2.45) is 0 Å². The summed E-state index contributed by atoms with van der Waals surface area (Å²) in [6.07, 6.45) is 7.67. The third-order valence-electron chi connectivity index (χ3n) is 5.60. The van der Waals surface area contributed by atoms with Crippen molar-refractivity contribution in [3.8, 4) is 0 Å². The predicted molar refractivity (Wildman–Crippen MR) is 121 cm³/mol. The smallest absolute Gasteiger partial charge is 0.264 e. The van der Waals surface area contributed by atoms with E-state index in [1.54, 1.807) is 43.3 Å². The highest BCUT2D eigenvalue weighted by molar-refractivity contribution is 7.92. The third-order valence-corrected chi connectivity index (χ3v) is 7.78. The minimum absolute atomic E-state index is 0.0968. The van der Waals surface area contributed by atoms with Crippen molar-refractivity contribution in [3.63, 3.8) is 0 Å². The zero-order valence-corrected chi connectivity index (χ0v) is 18.9. The average molecular weight is 449 g/mol. The molecule has 3 rings (SSSR count). The van der Waals surface area contributed by atoms with E-state index in [1.165, 1.54) is 35.7 Å². The van der Waals surface area contributed by atoms with Crippen LogP contribution in [0.2, 0.25) is 5.02 Å². The molecular weight excluding hydrogens is 420 g/mol. The van der Waals surface area contributed by atoms with Crippen LogP contribution in [0.3, 0.4) is 0 Å². The maximum absolute atomic E-state index is 13.4. The molecule has 1 saturated carbocycles. The van der Waals surface area contributed by atoms with Crippen LogP contribution in [-0.4, -0.2) is 26.9 Å². The average Bonchev–Trinajstić information content (AvgIpc) is 2.71. The third kappa shape index (κ3) is 5.55. The molecule has 1 N–H and O–H groups in total. The molecule has 0 saturated heterocycles. The van der Waals surface area contributed by atoms with E-state index >= 15 is 0 Å². The Balaban J connectivity index is 1.88. The molecule has 0 spiro atoms. The van der Waals surface area contributed by atoms with E-state index in [1.807, 2.05) is 0 Å². The number of hydrogen-bond acceptors (Lipinski definition) is 3. The van der Waals surface area contributed by atoms with E-state index in [9.17, 15) is 13.2 Å². The first kappa shape index (κ1) is 22.6. The number of hydrogen-bond donors (Lipinski definition) is 1. The van der Waals surface area contributed by atoms with E-state index in [0.29, 0.717) is 16.3 Å². The summed E-state index contributed by atoms with van der Waals surface area (Å²) in [6, 6.07) is 13.4. The van der Waals surface area contributed by atoms with Crippen molar-refractivity contribution in [1.29, 1.82) is 0 Å². The molecule has 0 atom stereocenters. The van der Waals surface area contributed by atoms with Gasteiger partial charge in [-0.05, 0) is 49.6 Å². The van der Waals surface area contributed by atoms with Gasteiger partial charge in [0.05, 0.1) is 10.6 Å². The Morgan fingerprint density at radius 2 is 1.63 bits per heavy atom. The first-order chi connectivity index (χ1) is 14.4. The number of benzene rings is 2. The molecule has 0 unspecified atom stereocenters. The summed E-state index contributed by atoms with van der Waals surface area (Å²) < 4.78 is 28.0. The van der Waals surface area contributed by atoms with Gasteiger partial charge >= 0.3 is 0 Å². The van der Waals surface area contributed by atoms with Crippen LogP contribution in [0.1, 0.15) is 50.5 Å². The van der Waals surface area contributed by atoms with Crippen LogP contribution in [0.15, 0.2) is 53.4 Å². The van der Waals surface area contributed by atoms with Gasteiger partial charge in [0.15, 0.2) is 0 Å². The lowest BCUT2D eigenvalue weighted by Gasteiger charge is -2.27. The van der Waals surface area contributed by atoms with Crippen molar-refractivity contribution in [3.05, 3.63) is 59.1 Å². The predicted octanol–water partition coefficient (Wildman–Crippen LogP) is 5.07. The molecule has 2 aromatic carbocycles. The summed E-state index contributed by atoms with van der Waals surface area (Å²) in [7, 11) is -3.93. The molecule has 1 fully saturated rings. The highest BCUT2D eigenvalue weighted by atomic mass is 35.5. The van der Waals surface area contributed by atoms with E-state index in [2.05, 4.69) is 5.32 Å². The number of amides is 1. The second kappa shape index (κ2) is 10.3. The second-order valence-corrected chi connectivity index (χ2v) is 10.1. The Labute approximate surface area is 184 Å². The minimum Gasteiger partial charge on any atom is -0.352 e. The van der Waals surface area contributed by atoms with Gasteiger partial charge in [-0.25, -0.2) is 8.42 Å². The first-order valence-electron chi connectivity index (χ1n) is 10.5. The van der Waals surface area contributed by atoms with Gasteiger partial charge in [-0.3, -0.25) is 9.10 Å². The molecular formula is C23H29ClN2O3S. The first-order valence-corrected chi connectivity index (χ1v) is 12.3. The Morgan fingerprint density at radius 3 is 2.30 bits per heavy atom. The number of carbonyl (C=O) groups is 1. The molecule has 0 aliphatic heterocycles. The molecule has 7 heteroatoms. The molecule has 1 aliphatic carbocycles. The standard InChI is InChI=1S/C23H29ClN2O3S/c1-18-21(24)15-10-16-22(18)26(30(28,29)20-13-8-5-9-14-20)17-23(27)25-19-11-6-3-2-4-7-12-19/h5,8-10,13-16,19H,2-4,6-7,11-12,17H2,1H3,(H,25,27). The number of nitrogens with zero attached hydrogens (tertiary/aromatic N) is 1. The summed E-state index contributed by atoms with van der Waals surface area (Å²) in [6.45, 7) is 1.48. The van der Waals surface area contributed by atoms with Crippen LogP contribution in [0.5, 0.6) is 0 Å². The minimum atomic E-state index is -3.93. The molecule has 1 amide bonds. The van der Waals surface area contributed by atoms with Crippen molar-refractivity contribution in [2.45, 2.75) is 62.8 Å². The largest absolute Gasteiger partial charge is 0.352 e. The van der Waals surface area contributed by atoms with Crippen molar-refractivity contribution < 1.29 is 13.2 Å². The molecule has 0 aromatic heterocycles. The van der Waals surface area contributed by atoms with Gasteiger partial charge in [0.25, 0.3) is 10.0 Å². The van der Waals surface area contributed by atoms with Gasteiger partial charge in [-0.1, -0.05) is 68.0 Å². The SMILES string of the molecule is Cc1c(Cl)cccc1N(CC(=O)NC1CCCCCCC1)S(=O)(=O)c1ccccc1. The Morgan fingerprint density at radius 1 is 1.00 bits per heavy atom. The Hall–Kier alpha value is -2.05. The maximum atomic E-state index is 13.4. The number of nitrogens with one attached hydrogen (secondary N) is 1. The molecule has 0 radical (unpaired) electrons. The Bertz CT molecular complexity index is 956. The van der Waals surface area contributed by atoms with E-state index in [-0.39, 0.29) is 23.4 Å². The summed E-state index contributed by atoms with van der Waals surface area (Å²) in [5, 5.41) is 3.53. The van der Waals surface area contributed by atoms with Crippen LogP contribution < -0.4 is 9.62 Å². The van der Waals surface area contributed by atoms with E-state index < -0.39 is 10.0 Å². The number of halogens is 1. The molecule has 5 nitrogen and oxygen atoms in total. The van der Waals surface area contributed by atoms with Gasteiger partial charge in [-0.15, -0.1) is 0 Å². The fourth-order valence-electron chi connectivity index (χ4n) is 3.89. The topological polar surface area (TPSA) is 66.5 Å². The van der Waals surface area contributed by atoms with Crippen LogP contribution in [-0.2, 0) is 14.8 Å². The van der Waals surface area contributed by atoms with Crippen LogP contribution in [0.4, 0.5) is 5.69 Å². The fourth-order valence-corrected chi connectivity index (χ4v) is 5.56. The van der Waals surface area contributed by atoms with Crippen LogP contribution in [0.25, 0.3) is 0 Å². The molecule has 1 aliphatic rings. The Kier molecular flexibility index (Phi) is 7.78. The molecule has 0 heterocycles. The summed E-state index contributed by atoms with van der Waals surface area (Å²) in [5.74, 6) is -0.292. The number of rotatable bonds is 6. The lowest BCUT2D eigenvalue weighted by molar-refractivity contribution is -0.120. The number of carbonyl (C=O) groups excluding carboxylic acids is 1. The van der Waals surface area contributed by atoms with Crippen LogP contribution in [0, 0.1) is 6.92 Å². The monoisotopic (exact) mass is 448 g/mol. The van der Waals surface area contributed by atoms with E-state index in [4.69, 9.17) is 11.6 Å². The van der Waals surface area contributed by atoms with Crippen molar-refractivity contribution in [1.82, 2.24) is 5.32 Å². The quantitative estimate of drug-likeness (QED) is 0.670. The number of sulfonamides is 1. The summed E-state index contributed by atoms with van der Waals surface area (Å²) in [5.41, 5.74) is 1.04. The zero-order chi connectivity index (χ0) is 21.6. The van der Waals surface area contributed by atoms with Gasteiger partial charge in [0.2, 0.25) is 5.91 Å². The molecule has 2 aromatic rings. The maximum Gasteiger partial charge on any atom is 0.264 e. The highest BCUT2D eigenvalue weighted by Crippen LogP contribution is 2.30. The van der Waals surface area contributed by atoms with Crippen molar-refractivity contribution in [2.75, 3.05) is 10.8 Å². The normalized spacial score (nSPS) is 15.8. The lowest BCUT2D eigenvalue weighted by Crippen LogP contribution is -2.44. The van der Waals surface area contributed by atoms with Crippen LogP contribution >= 0.6 is 11.6 Å². The van der Waals surface area contributed by atoms with E-state index in [0.717, 1.165) is 25.7 Å². The second-order valence-electron chi connectivity index (χ2n) is 7.82. The van der Waals surface area contributed by atoms with Gasteiger partial charge < -0.3 is 5.32 Å². The lowest BCUT2D eigenvalue weighted by atomic mass is 9.97. The van der Waals surface area contributed by atoms with Gasteiger partial charge in [-0.2, -0.15) is 0 Å². The summed E-state index contributed by atoms with van der Waals surface area (Å²) in [4.78, 5) is 13.1. The molecule has 0 bridgehead atoms. The van der Waals surface area contributed by atoms with Gasteiger partial charge in [0, 0.05) is 11.1 Å². The molecule has 162 valence electrons. The van der Waals surface area contributed by atoms with Gasteiger partial charge in [0.1, 0.15) is 6.54 Å². The highest BCUT2D eigenvalue weighted by Gasteiger charge is 2.29. The fraction of sp³-hybridized carbons (Fsp3) is 0.435. The zero-order valence-electron chi connectivity index (χ0n) is 17.3.